The lowest BCUT2D eigenvalue weighted by molar-refractivity contribution is 0.127. The molecule has 1 rings (SSSR count). The van der Waals surface area contributed by atoms with Gasteiger partial charge in [-0.1, -0.05) is 18.5 Å². The van der Waals surface area contributed by atoms with Crippen LogP contribution < -0.4 is 5.73 Å². The van der Waals surface area contributed by atoms with Gasteiger partial charge in [0.05, 0.1) is 23.0 Å². The van der Waals surface area contributed by atoms with Gasteiger partial charge in [0.25, 0.3) is 0 Å². The monoisotopic (exact) mass is 272 g/mol. The second kappa shape index (κ2) is 5.59. The lowest BCUT2D eigenvalue weighted by Crippen LogP contribution is -2.50. The highest BCUT2D eigenvalue weighted by Crippen LogP contribution is 2.35. The predicted molar refractivity (Wildman–Crippen MR) is 76.9 cm³/mol. The van der Waals surface area contributed by atoms with Crippen molar-refractivity contribution in [2.45, 2.75) is 51.7 Å². The topological polar surface area (TPSA) is 47.1 Å². The Balaban J connectivity index is 3.25. The van der Waals surface area contributed by atoms with Gasteiger partial charge in [0, 0.05) is 11.6 Å². The molecule has 0 aliphatic heterocycles. The van der Waals surface area contributed by atoms with Crippen molar-refractivity contribution in [1.29, 1.82) is 0 Å². The van der Waals surface area contributed by atoms with Crippen LogP contribution in [0, 0.1) is 0 Å². The first-order valence-corrected chi connectivity index (χ1v) is 6.79. The van der Waals surface area contributed by atoms with Crippen LogP contribution in [-0.4, -0.2) is 34.3 Å². The van der Waals surface area contributed by atoms with Gasteiger partial charge in [-0.15, -0.1) is 0 Å². The highest BCUT2D eigenvalue weighted by molar-refractivity contribution is 6.31. The first kappa shape index (κ1) is 15.5. The van der Waals surface area contributed by atoms with E-state index in [1.807, 2.05) is 18.8 Å². The van der Waals surface area contributed by atoms with Crippen LogP contribution in [0.1, 0.15) is 51.9 Å². The highest BCUT2D eigenvalue weighted by Gasteiger charge is 2.36. The van der Waals surface area contributed by atoms with Crippen molar-refractivity contribution >= 4 is 11.6 Å². The summed E-state index contributed by atoms with van der Waals surface area (Å²) in [7, 11) is 4.10. The number of hydrogen-bond donors (Lipinski definition) is 1. The predicted octanol–water partition coefficient (Wildman–Crippen LogP) is 2.85. The van der Waals surface area contributed by atoms with E-state index in [9.17, 15) is 0 Å². The summed E-state index contributed by atoms with van der Waals surface area (Å²) in [4.78, 5) is 2.16. The van der Waals surface area contributed by atoms with E-state index in [4.69, 9.17) is 17.3 Å². The van der Waals surface area contributed by atoms with Crippen LogP contribution in [0.25, 0.3) is 0 Å². The van der Waals surface area contributed by atoms with Crippen LogP contribution in [0.3, 0.4) is 0 Å². The molecule has 0 aliphatic rings. The largest absolute Gasteiger partial charge is 0.321 e. The number of aromatic nitrogens is 2. The fraction of sp³-hybridized carbons (Fsp3) is 0.769. The molecule has 0 fully saturated rings. The third-order valence-electron chi connectivity index (χ3n) is 3.98. The third-order valence-corrected chi connectivity index (χ3v) is 4.27. The zero-order valence-electron chi connectivity index (χ0n) is 12.2. The van der Waals surface area contributed by atoms with Crippen molar-refractivity contribution < 1.29 is 0 Å². The smallest absolute Gasteiger partial charge is 0.0834 e. The van der Waals surface area contributed by atoms with Crippen molar-refractivity contribution in [3.05, 3.63) is 16.9 Å². The molecule has 0 amide bonds. The second-order valence-electron chi connectivity index (χ2n) is 5.50. The SMILES string of the molecule is CCC(C)(C(N)c1c(Cl)cnn1C(C)C)N(C)C. The Hall–Kier alpha value is -0.580. The van der Waals surface area contributed by atoms with Crippen molar-refractivity contribution in [3.8, 4) is 0 Å². The molecular weight excluding hydrogens is 248 g/mol. The Labute approximate surface area is 115 Å². The number of rotatable bonds is 5. The van der Waals surface area contributed by atoms with E-state index in [-0.39, 0.29) is 17.6 Å². The number of halogens is 1. The molecular formula is C13H25ClN4. The molecule has 18 heavy (non-hydrogen) atoms. The van der Waals surface area contributed by atoms with Crippen molar-refractivity contribution in [2.75, 3.05) is 14.1 Å². The first-order valence-electron chi connectivity index (χ1n) is 6.41. The molecule has 0 spiro atoms. The van der Waals surface area contributed by atoms with E-state index in [1.165, 1.54) is 0 Å². The first-order chi connectivity index (χ1) is 8.25. The van der Waals surface area contributed by atoms with Crippen LogP contribution in [0.2, 0.25) is 5.02 Å². The van der Waals surface area contributed by atoms with Gasteiger partial charge in [-0.25, -0.2) is 0 Å². The van der Waals surface area contributed by atoms with Crippen LogP contribution in [0.15, 0.2) is 6.20 Å². The normalized spacial score (nSPS) is 17.2. The Morgan fingerprint density at radius 2 is 2.06 bits per heavy atom. The van der Waals surface area contributed by atoms with E-state index >= 15 is 0 Å². The van der Waals surface area contributed by atoms with Gasteiger partial charge >= 0.3 is 0 Å². The summed E-state index contributed by atoms with van der Waals surface area (Å²) in [6.45, 7) is 8.46. The fourth-order valence-electron chi connectivity index (χ4n) is 2.16. The van der Waals surface area contributed by atoms with Gasteiger partial charge in [0.15, 0.2) is 0 Å². The quantitative estimate of drug-likeness (QED) is 0.897. The molecule has 104 valence electrons. The lowest BCUT2D eigenvalue weighted by Gasteiger charge is -2.41. The molecule has 0 bridgehead atoms. The summed E-state index contributed by atoms with van der Waals surface area (Å²) in [5, 5.41) is 4.98. The Bertz CT molecular complexity index is 400. The molecule has 1 aromatic heterocycles. The van der Waals surface area contributed by atoms with Crippen molar-refractivity contribution in [3.63, 3.8) is 0 Å². The lowest BCUT2D eigenvalue weighted by atomic mass is 9.86. The van der Waals surface area contributed by atoms with Gasteiger partial charge < -0.3 is 10.6 Å². The molecule has 1 aromatic rings. The average Bonchev–Trinajstić information content (AvgIpc) is 2.68. The molecule has 2 unspecified atom stereocenters. The molecule has 0 radical (unpaired) electrons. The molecule has 0 aromatic carbocycles. The number of nitrogens with two attached hydrogens (primary N) is 1. The zero-order valence-corrected chi connectivity index (χ0v) is 13.0. The average molecular weight is 273 g/mol. The molecule has 0 aliphatic carbocycles. The molecule has 2 N–H and O–H groups in total. The molecule has 0 saturated heterocycles. The van der Waals surface area contributed by atoms with E-state index in [2.05, 4.69) is 37.7 Å². The summed E-state index contributed by atoms with van der Waals surface area (Å²) in [6.07, 6.45) is 2.63. The maximum absolute atomic E-state index is 6.48. The second-order valence-corrected chi connectivity index (χ2v) is 5.91. The van der Waals surface area contributed by atoms with E-state index in [0.29, 0.717) is 5.02 Å². The number of hydrogen-bond acceptors (Lipinski definition) is 3. The van der Waals surface area contributed by atoms with Gasteiger partial charge in [-0.05, 0) is 41.3 Å². The van der Waals surface area contributed by atoms with Crippen LogP contribution in [0.4, 0.5) is 0 Å². The van der Waals surface area contributed by atoms with E-state index < -0.39 is 0 Å². The molecule has 4 nitrogen and oxygen atoms in total. The fourth-order valence-corrected chi connectivity index (χ4v) is 2.41. The van der Waals surface area contributed by atoms with Crippen LogP contribution in [-0.2, 0) is 0 Å². The Kier molecular flexibility index (Phi) is 4.81. The minimum atomic E-state index is -0.171. The minimum absolute atomic E-state index is 0.143. The van der Waals surface area contributed by atoms with Crippen molar-refractivity contribution in [1.82, 2.24) is 14.7 Å². The summed E-state index contributed by atoms with van der Waals surface area (Å²) < 4.78 is 1.92. The minimum Gasteiger partial charge on any atom is -0.321 e. The highest BCUT2D eigenvalue weighted by atomic mass is 35.5. The van der Waals surface area contributed by atoms with Gasteiger partial charge in [-0.2, -0.15) is 5.10 Å². The molecule has 0 saturated carbocycles. The molecule has 5 heteroatoms. The number of likely N-dealkylation sites (N-methyl/N-ethyl adjacent to an activating group) is 1. The summed E-state index contributed by atoms with van der Waals surface area (Å²) in [5.74, 6) is 0. The standard InChI is InChI=1S/C13H25ClN4/c1-7-13(4,17(5)6)12(15)11-10(14)8-16-18(11)9(2)3/h8-9,12H,7,15H2,1-6H3. The van der Waals surface area contributed by atoms with Crippen LogP contribution in [0.5, 0.6) is 0 Å². The van der Waals surface area contributed by atoms with E-state index in [0.717, 1.165) is 12.1 Å². The molecule has 2 atom stereocenters. The van der Waals surface area contributed by atoms with Gasteiger partial charge in [-0.3, -0.25) is 4.68 Å². The van der Waals surface area contributed by atoms with Gasteiger partial charge in [0.2, 0.25) is 0 Å². The Morgan fingerprint density at radius 1 is 1.50 bits per heavy atom. The maximum atomic E-state index is 6.48. The summed E-state index contributed by atoms with van der Waals surface area (Å²) in [6, 6.07) is 0.0803. The third kappa shape index (κ3) is 2.56. The Morgan fingerprint density at radius 3 is 2.44 bits per heavy atom. The maximum Gasteiger partial charge on any atom is 0.0834 e. The van der Waals surface area contributed by atoms with Gasteiger partial charge in [0.1, 0.15) is 0 Å². The zero-order chi connectivity index (χ0) is 14.1. The van der Waals surface area contributed by atoms with Crippen LogP contribution >= 0.6 is 11.6 Å². The number of nitrogens with zero attached hydrogens (tertiary/aromatic N) is 3. The van der Waals surface area contributed by atoms with E-state index in [1.54, 1.807) is 6.20 Å². The summed E-state index contributed by atoms with van der Waals surface area (Å²) in [5.41, 5.74) is 7.26. The summed E-state index contributed by atoms with van der Waals surface area (Å²) >= 11 is 6.27. The van der Waals surface area contributed by atoms with Crippen molar-refractivity contribution in [2.24, 2.45) is 5.73 Å². The molecule has 1 heterocycles.